The van der Waals surface area contributed by atoms with Crippen LogP contribution >= 0.6 is 0 Å². The predicted octanol–water partition coefficient (Wildman–Crippen LogP) is 14.9. The van der Waals surface area contributed by atoms with Gasteiger partial charge in [0, 0.05) is 56.6 Å². The second-order valence-corrected chi connectivity index (χ2v) is 17.1. The van der Waals surface area contributed by atoms with Crippen molar-refractivity contribution in [1.29, 1.82) is 0 Å². The minimum Gasteiger partial charge on any atom is -0.424 e. The Bertz CT molecular complexity index is 3350. The molecule has 66 heavy (non-hydrogen) atoms. The molecule has 3 aromatic heterocycles. The van der Waals surface area contributed by atoms with Gasteiger partial charge >= 0.3 is 12.0 Å². The first-order valence-corrected chi connectivity index (χ1v) is 22.1. The lowest BCUT2D eigenvalue weighted by atomic mass is 9.82. The molecule has 7 heteroatoms. The van der Waals surface area contributed by atoms with Crippen LogP contribution in [0.15, 0.2) is 212 Å². The molecule has 0 saturated carbocycles. The molecule has 0 atom stereocenters. The van der Waals surface area contributed by atoms with Gasteiger partial charge in [-0.25, -0.2) is 0 Å². The number of hydrogen-bond acceptors (Lipinski definition) is 6. The van der Waals surface area contributed by atoms with E-state index in [2.05, 4.69) is 79.1 Å². The third-order valence-corrected chi connectivity index (χ3v) is 12.6. The summed E-state index contributed by atoms with van der Waals surface area (Å²) in [5.74, 6) is 0.961. The van der Waals surface area contributed by atoms with E-state index in [9.17, 15) is 0 Å². The summed E-state index contributed by atoms with van der Waals surface area (Å²) in [4.78, 5) is 20.0. The summed E-state index contributed by atoms with van der Waals surface area (Å²) in [6, 6.07) is 72.8. The maximum atomic E-state index is 6.82. The van der Waals surface area contributed by atoms with E-state index in [0.29, 0.717) is 11.5 Å². The lowest BCUT2D eigenvalue weighted by Gasteiger charge is -2.21. The molecule has 1 aliphatic rings. The van der Waals surface area contributed by atoms with E-state index >= 15 is 0 Å². The van der Waals surface area contributed by atoms with Crippen molar-refractivity contribution < 1.29 is 9.47 Å². The highest BCUT2D eigenvalue weighted by atomic mass is 16.5. The molecule has 0 spiro atoms. The summed E-state index contributed by atoms with van der Waals surface area (Å²) in [5.41, 5.74) is 14.7. The topological polar surface area (TPSA) is 75.0 Å². The number of para-hydroxylation sites is 1. The largest absolute Gasteiger partial charge is 0.424 e. The molecule has 8 aromatic carbocycles. The van der Waals surface area contributed by atoms with Gasteiger partial charge in [0.1, 0.15) is 11.5 Å². The van der Waals surface area contributed by atoms with E-state index in [0.717, 1.165) is 72.5 Å². The van der Waals surface area contributed by atoms with E-state index < -0.39 is 0 Å². The molecule has 0 radical (unpaired) electrons. The quantitative estimate of drug-likeness (QED) is 0.144. The van der Waals surface area contributed by atoms with Crippen LogP contribution in [0.3, 0.4) is 0 Å². The number of benzene rings is 8. The molecule has 0 bridgehead atoms. The van der Waals surface area contributed by atoms with Gasteiger partial charge in [0.15, 0.2) is 0 Å². The average Bonchev–Trinajstić information content (AvgIpc) is 3.81. The van der Waals surface area contributed by atoms with E-state index in [1.54, 1.807) is 0 Å². The Morgan fingerprint density at radius 2 is 0.803 bits per heavy atom. The highest BCUT2D eigenvalue weighted by Crippen LogP contribution is 2.51. The zero-order chi connectivity index (χ0) is 44.2. The first kappa shape index (κ1) is 39.0. The van der Waals surface area contributed by atoms with E-state index in [-0.39, 0.29) is 17.4 Å². The van der Waals surface area contributed by atoms with Gasteiger partial charge in [-0.05, 0) is 52.6 Å². The molecule has 0 fully saturated rings. The van der Waals surface area contributed by atoms with Crippen molar-refractivity contribution in [3.05, 3.63) is 223 Å². The fourth-order valence-corrected chi connectivity index (χ4v) is 9.42. The Morgan fingerprint density at radius 3 is 1.30 bits per heavy atom. The van der Waals surface area contributed by atoms with E-state index in [1.807, 2.05) is 152 Å². The SMILES string of the molecule is CC1(C)c2ccccc2-c2cc3c4ccccc4n(-c4cc(Oc5nc(-c6ccccc6)cc(-c6ccccc6)n5)cc(Oc5nc(-c6ccccc6)cc(-c6ccccc6)n5)c4)c3cc21. The Kier molecular flexibility index (Phi) is 9.35. The van der Waals surface area contributed by atoms with Crippen LogP contribution < -0.4 is 9.47 Å². The Balaban J connectivity index is 1.06. The van der Waals surface area contributed by atoms with Crippen molar-refractivity contribution >= 4 is 21.8 Å². The Hall–Kier alpha value is -8.68. The van der Waals surface area contributed by atoms with Gasteiger partial charge in [-0.3, -0.25) is 0 Å². The fraction of sp³-hybridized carbons (Fsp3) is 0.0508. The van der Waals surface area contributed by atoms with Crippen LogP contribution in [0.2, 0.25) is 0 Å². The molecule has 12 rings (SSSR count). The van der Waals surface area contributed by atoms with Crippen LogP contribution in [0.1, 0.15) is 25.0 Å². The minimum absolute atomic E-state index is 0.199. The molecule has 0 N–H and O–H groups in total. The van der Waals surface area contributed by atoms with E-state index in [1.165, 1.54) is 22.3 Å². The summed E-state index contributed by atoms with van der Waals surface area (Å²) >= 11 is 0. The van der Waals surface area contributed by atoms with Gasteiger partial charge in [0.2, 0.25) is 0 Å². The maximum absolute atomic E-state index is 6.82. The van der Waals surface area contributed by atoms with Crippen LogP contribution in [0, 0.1) is 0 Å². The summed E-state index contributed by atoms with van der Waals surface area (Å²) in [6.07, 6.45) is 0. The number of ether oxygens (including phenoxy) is 2. The van der Waals surface area contributed by atoms with Crippen LogP contribution in [-0.2, 0) is 5.41 Å². The number of fused-ring (bicyclic) bond motifs is 6. The van der Waals surface area contributed by atoms with Crippen molar-refractivity contribution in [2.45, 2.75) is 19.3 Å². The van der Waals surface area contributed by atoms with Gasteiger partial charge in [-0.2, -0.15) is 19.9 Å². The maximum Gasteiger partial charge on any atom is 0.323 e. The molecular formula is C59H41N5O2. The lowest BCUT2D eigenvalue weighted by molar-refractivity contribution is 0.423. The first-order valence-electron chi connectivity index (χ1n) is 22.1. The number of hydrogen-bond donors (Lipinski definition) is 0. The molecule has 1 aliphatic carbocycles. The van der Waals surface area contributed by atoms with Crippen LogP contribution in [0.4, 0.5) is 0 Å². The van der Waals surface area contributed by atoms with Crippen molar-refractivity contribution in [3.63, 3.8) is 0 Å². The first-order chi connectivity index (χ1) is 32.4. The molecule has 0 amide bonds. The molecule has 0 saturated heterocycles. The predicted molar refractivity (Wildman–Crippen MR) is 264 cm³/mol. The number of rotatable bonds is 9. The van der Waals surface area contributed by atoms with Gasteiger partial charge < -0.3 is 14.0 Å². The smallest absolute Gasteiger partial charge is 0.323 e. The Morgan fingerprint density at radius 1 is 0.364 bits per heavy atom. The fourth-order valence-electron chi connectivity index (χ4n) is 9.42. The van der Waals surface area contributed by atoms with Crippen LogP contribution in [-0.4, -0.2) is 24.5 Å². The molecule has 3 heterocycles. The molecule has 314 valence electrons. The summed E-state index contributed by atoms with van der Waals surface area (Å²) in [7, 11) is 0. The average molecular weight is 852 g/mol. The van der Waals surface area contributed by atoms with Gasteiger partial charge in [-0.1, -0.05) is 178 Å². The normalized spacial score (nSPS) is 12.5. The third-order valence-electron chi connectivity index (χ3n) is 12.6. The van der Waals surface area contributed by atoms with Crippen LogP contribution in [0.25, 0.3) is 83.6 Å². The van der Waals surface area contributed by atoms with Crippen molar-refractivity contribution in [1.82, 2.24) is 24.5 Å². The van der Waals surface area contributed by atoms with Crippen molar-refractivity contribution in [3.8, 4) is 85.4 Å². The standard InChI is InChI=1S/C59H41N5O2/c1-59(2)49-29-17-15-27-45(49)47-34-48-46-28-16-18-30-55(46)64(56(48)35-50(47)59)42-31-43(65-57-60-51(38-19-7-3-8-20-38)36-52(61-57)39-21-9-4-10-22-39)33-44(32-42)66-58-62-53(40-23-11-5-12-24-40)37-54(63-58)41-25-13-6-14-26-41/h3-37H,1-2H3. The highest BCUT2D eigenvalue weighted by molar-refractivity contribution is 6.11. The molecule has 7 nitrogen and oxygen atoms in total. The van der Waals surface area contributed by atoms with Gasteiger partial charge in [0.25, 0.3) is 0 Å². The lowest BCUT2D eigenvalue weighted by Crippen LogP contribution is -2.15. The van der Waals surface area contributed by atoms with Gasteiger partial charge in [-0.15, -0.1) is 0 Å². The Labute approximate surface area is 382 Å². The van der Waals surface area contributed by atoms with Gasteiger partial charge in [0.05, 0.1) is 39.5 Å². The minimum atomic E-state index is -0.199. The number of nitrogens with zero attached hydrogens (tertiary/aromatic N) is 5. The van der Waals surface area contributed by atoms with Crippen molar-refractivity contribution in [2.24, 2.45) is 0 Å². The summed E-state index contributed by atoms with van der Waals surface area (Å²) in [5, 5.41) is 2.30. The zero-order valence-electron chi connectivity index (χ0n) is 36.3. The van der Waals surface area contributed by atoms with Crippen molar-refractivity contribution in [2.75, 3.05) is 0 Å². The molecule has 0 aliphatic heterocycles. The summed E-state index contributed by atoms with van der Waals surface area (Å²) in [6.45, 7) is 4.63. The summed E-state index contributed by atoms with van der Waals surface area (Å²) < 4.78 is 15.9. The third kappa shape index (κ3) is 6.94. The zero-order valence-corrected chi connectivity index (χ0v) is 36.3. The second kappa shape index (κ2) is 15.8. The highest BCUT2D eigenvalue weighted by Gasteiger charge is 2.36. The van der Waals surface area contributed by atoms with Crippen LogP contribution in [0.5, 0.6) is 23.5 Å². The second-order valence-electron chi connectivity index (χ2n) is 17.1. The van der Waals surface area contributed by atoms with E-state index in [4.69, 9.17) is 29.4 Å². The number of aromatic nitrogens is 5. The molecule has 0 unspecified atom stereocenters. The molecule has 11 aromatic rings. The monoisotopic (exact) mass is 851 g/mol. The molecular weight excluding hydrogens is 811 g/mol.